The van der Waals surface area contributed by atoms with E-state index in [0.29, 0.717) is 12.0 Å². The van der Waals surface area contributed by atoms with Gasteiger partial charge in [0.05, 0.1) is 6.04 Å². The number of halogens is 1. The van der Waals surface area contributed by atoms with E-state index in [9.17, 15) is 4.39 Å². The molecule has 2 aromatic rings. The zero-order chi connectivity index (χ0) is 13.9. The molecule has 0 bridgehead atoms. The Morgan fingerprint density at radius 2 is 2.30 bits per heavy atom. The van der Waals surface area contributed by atoms with E-state index < -0.39 is 0 Å². The number of aromatic nitrogens is 2. The maximum absolute atomic E-state index is 13.2. The molecule has 1 aromatic heterocycles. The molecule has 1 heterocycles. The standard InChI is InChI=1S/C16H20FN3/c1-2-15(16-18-6-7-19-16)20-14-9-12(10-14)11-4-3-5-13(17)8-11/h3-8,12,14-15,20H,2,9-10H2,1H3,(H,18,19). The van der Waals surface area contributed by atoms with E-state index in [2.05, 4.69) is 22.2 Å². The maximum atomic E-state index is 13.2. The predicted molar refractivity (Wildman–Crippen MR) is 76.9 cm³/mol. The molecule has 3 rings (SSSR count). The summed E-state index contributed by atoms with van der Waals surface area (Å²) in [6, 6.07) is 7.76. The van der Waals surface area contributed by atoms with Crippen LogP contribution >= 0.6 is 0 Å². The molecule has 1 aliphatic carbocycles. The first-order valence-corrected chi connectivity index (χ1v) is 7.27. The third kappa shape index (κ3) is 2.75. The number of hydrogen-bond acceptors (Lipinski definition) is 2. The third-order valence-electron chi connectivity index (χ3n) is 4.15. The molecule has 4 heteroatoms. The molecule has 3 nitrogen and oxygen atoms in total. The minimum absolute atomic E-state index is 0.138. The van der Waals surface area contributed by atoms with Crippen LogP contribution in [-0.2, 0) is 0 Å². The van der Waals surface area contributed by atoms with Gasteiger partial charge in [-0.1, -0.05) is 19.1 Å². The first kappa shape index (κ1) is 13.3. The number of benzene rings is 1. The highest BCUT2D eigenvalue weighted by Crippen LogP contribution is 2.38. The van der Waals surface area contributed by atoms with Crippen molar-refractivity contribution in [3.05, 3.63) is 53.9 Å². The molecule has 0 aliphatic heterocycles. The van der Waals surface area contributed by atoms with E-state index in [1.807, 2.05) is 12.3 Å². The zero-order valence-corrected chi connectivity index (χ0v) is 11.6. The highest BCUT2D eigenvalue weighted by atomic mass is 19.1. The molecule has 1 aromatic carbocycles. The lowest BCUT2D eigenvalue weighted by atomic mass is 9.75. The van der Waals surface area contributed by atoms with Crippen LogP contribution in [0.1, 0.15) is 49.5 Å². The van der Waals surface area contributed by atoms with Gasteiger partial charge in [-0.3, -0.25) is 0 Å². The molecular formula is C16H20FN3. The monoisotopic (exact) mass is 273 g/mol. The second kappa shape index (κ2) is 5.75. The van der Waals surface area contributed by atoms with Crippen molar-refractivity contribution < 1.29 is 4.39 Å². The number of nitrogens with zero attached hydrogens (tertiary/aromatic N) is 1. The molecule has 0 radical (unpaired) electrons. The fourth-order valence-corrected chi connectivity index (χ4v) is 2.93. The molecule has 0 spiro atoms. The molecular weight excluding hydrogens is 253 g/mol. The molecule has 1 fully saturated rings. The summed E-state index contributed by atoms with van der Waals surface area (Å²) in [7, 11) is 0. The average Bonchev–Trinajstić information content (AvgIpc) is 2.91. The number of H-pyrrole nitrogens is 1. The van der Waals surface area contributed by atoms with Crippen molar-refractivity contribution in [3.63, 3.8) is 0 Å². The molecule has 2 N–H and O–H groups in total. The van der Waals surface area contributed by atoms with Crippen LogP contribution in [0.25, 0.3) is 0 Å². The minimum Gasteiger partial charge on any atom is -0.347 e. The topological polar surface area (TPSA) is 40.7 Å². The van der Waals surface area contributed by atoms with Crippen LogP contribution in [0.3, 0.4) is 0 Å². The van der Waals surface area contributed by atoms with E-state index in [0.717, 1.165) is 30.7 Å². The molecule has 106 valence electrons. The van der Waals surface area contributed by atoms with Gasteiger partial charge in [-0.25, -0.2) is 9.37 Å². The highest BCUT2D eigenvalue weighted by Gasteiger charge is 2.32. The van der Waals surface area contributed by atoms with E-state index in [1.165, 1.54) is 6.07 Å². The summed E-state index contributed by atoms with van der Waals surface area (Å²) < 4.78 is 13.2. The lowest BCUT2D eigenvalue weighted by Gasteiger charge is -2.38. The van der Waals surface area contributed by atoms with Gasteiger partial charge < -0.3 is 10.3 Å². The summed E-state index contributed by atoms with van der Waals surface area (Å²) in [4.78, 5) is 7.49. The second-order valence-electron chi connectivity index (χ2n) is 5.52. The van der Waals surface area contributed by atoms with Gasteiger partial charge in [0.15, 0.2) is 0 Å². The first-order chi connectivity index (χ1) is 9.76. The summed E-state index contributed by atoms with van der Waals surface area (Å²) in [6.07, 6.45) is 6.79. The van der Waals surface area contributed by atoms with Crippen LogP contribution in [-0.4, -0.2) is 16.0 Å². The van der Waals surface area contributed by atoms with Crippen molar-refractivity contribution in [2.75, 3.05) is 0 Å². The Bertz CT molecular complexity index is 547. The fourth-order valence-electron chi connectivity index (χ4n) is 2.93. The van der Waals surface area contributed by atoms with Gasteiger partial charge in [-0.15, -0.1) is 0 Å². The Hall–Kier alpha value is -1.68. The van der Waals surface area contributed by atoms with Gasteiger partial charge >= 0.3 is 0 Å². The summed E-state index contributed by atoms with van der Waals surface area (Å²) >= 11 is 0. The largest absolute Gasteiger partial charge is 0.347 e. The van der Waals surface area contributed by atoms with Crippen LogP contribution in [0.5, 0.6) is 0 Å². The number of imidazole rings is 1. The van der Waals surface area contributed by atoms with Crippen LogP contribution in [0.2, 0.25) is 0 Å². The van der Waals surface area contributed by atoms with Crippen LogP contribution < -0.4 is 5.32 Å². The summed E-state index contributed by atoms with van der Waals surface area (Å²) in [5.74, 6) is 1.35. The van der Waals surface area contributed by atoms with Gasteiger partial charge in [-0.05, 0) is 42.9 Å². The second-order valence-corrected chi connectivity index (χ2v) is 5.52. The Kier molecular flexibility index (Phi) is 3.83. The molecule has 1 atom stereocenters. The Morgan fingerprint density at radius 1 is 1.45 bits per heavy atom. The normalized spacial score (nSPS) is 23.3. The summed E-state index contributed by atoms with van der Waals surface area (Å²) in [5.41, 5.74) is 1.12. The lowest BCUT2D eigenvalue weighted by molar-refractivity contribution is 0.259. The molecule has 20 heavy (non-hydrogen) atoms. The van der Waals surface area contributed by atoms with Crippen molar-refractivity contribution in [2.24, 2.45) is 0 Å². The quantitative estimate of drug-likeness (QED) is 0.875. The average molecular weight is 273 g/mol. The van der Waals surface area contributed by atoms with Crippen molar-refractivity contribution in [1.29, 1.82) is 0 Å². The van der Waals surface area contributed by atoms with Gasteiger partial charge in [0.2, 0.25) is 0 Å². The molecule has 0 saturated heterocycles. The SMILES string of the molecule is CCC(NC1CC(c2cccc(F)c2)C1)c1ncc[nH]1. The molecule has 1 unspecified atom stereocenters. The highest BCUT2D eigenvalue weighted by molar-refractivity contribution is 5.24. The Labute approximate surface area is 118 Å². The van der Waals surface area contributed by atoms with Gasteiger partial charge in [0, 0.05) is 18.4 Å². The van der Waals surface area contributed by atoms with Crippen molar-refractivity contribution in [2.45, 2.75) is 44.2 Å². The van der Waals surface area contributed by atoms with E-state index in [4.69, 9.17) is 0 Å². The van der Waals surface area contributed by atoms with E-state index in [1.54, 1.807) is 18.3 Å². The Balaban J connectivity index is 1.55. The van der Waals surface area contributed by atoms with Gasteiger partial charge in [-0.2, -0.15) is 0 Å². The van der Waals surface area contributed by atoms with E-state index in [-0.39, 0.29) is 11.9 Å². The van der Waals surface area contributed by atoms with Crippen molar-refractivity contribution in [1.82, 2.24) is 15.3 Å². The summed E-state index contributed by atoms with van der Waals surface area (Å²) in [6.45, 7) is 2.16. The van der Waals surface area contributed by atoms with Gasteiger partial charge in [0.25, 0.3) is 0 Å². The number of nitrogens with one attached hydrogen (secondary N) is 2. The number of rotatable bonds is 5. The fraction of sp³-hybridized carbons (Fsp3) is 0.438. The van der Waals surface area contributed by atoms with Crippen molar-refractivity contribution >= 4 is 0 Å². The number of hydrogen-bond donors (Lipinski definition) is 2. The number of aromatic amines is 1. The first-order valence-electron chi connectivity index (χ1n) is 7.27. The maximum Gasteiger partial charge on any atom is 0.123 e. The molecule has 1 saturated carbocycles. The third-order valence-corrected chi connectivity index (χ3v) is 4.15. The van der Waals surface area contributed by atoms with Crippen molar-refractivity contribution in [3.8, 4) is 0 Å². The van der Waals surface area contributed by atoms with Crippen LogP contribution in [0.15, 0.2) is 36.7 Å². The Morgan fingerprint density at radius 3 is 2.95 bits per heavy atom. The van der Waals surface area contributed by atoms with Crippen LogP contribution in [0.4, 0.5) is 4.39 Å². The van der Waals surface area contributed by atoms with E-state index >= 15 is 0 Å². The minimum atomic E-state index is -0.138. The summed E-state index contributed by atoms with van der Waals surface area (Å²) in [5, 5.41) is 3.63. The smallest absolute Gasteiger partial charge is 0.123 e. The van der Waals surface area contributed by atoms with Crippen LogP contribution in [0, 0.1) is 5.82 Å². The predicted octanol–water partition coefficient (Wildman–Crippen LogP) is 3.54. The lowest BCUT2D eigenvalue weighted by Crippen LogP contribution is -2.42. The molecule has 1 aliphatic rings. The zero-order valence-electron chi connectivity index (χ0n) is 11.6. The molecule has 0 amide bonds. The van der Waals surface area contributed by atoms with Gasteiger partial charge in [0.1, 0.15) is 11.6 Å².